The lowest BCUT2D eigenvalue weighted by atomic mass is 10.1. The summed E-state index contributed by atoms with van der Waals surface area (Å²) in [5, 5.41) is 7.07. The number of hydrogen-bond donors (Lipinski definition) is 1. The van der Waals surface area contributed by atoms with Crippen LogP contribution < -0.4 is 16.4 Å². The van der Waals surface area contributed by atoms with Crippen molar-refractivity contribution in [1.29, 1.82) is 0 Å². The number of carbonyl (C=O) groups is 1. The average Bonchev–Trinajstić information content (AvgIpc) is 3.34. The van der Waals surface area contributed by atoms with E-state index in [2.05, 4.69) is 15.4 Å². The van der Waals surface area contributed by atoms with Crippen molar-refractivity contribution in [3.05, 3.63) is 105 Å². The first-order valence-electron chi connectivity index (χ1n) is 10.7. The summed E-state index contributed by atoms with van der Waals surface area (Å²) in [6.07, 6.45) is 3.12. The van der Waals surface area contributed by atoms with Gasteiger partial charge in [-0.1, -0.05) is 0 Å². The van der Waals surface area contributed by atoms with Gasteiger partial charge in [0.25, 0.3) is 5.91 Å². The van der Waals surface area contributed by atoms with Crippen molar-refractivity contribution in [1.82, 2.24) is 23.9 Å². The number of carbonyl (C=O) groups excluding carboxylic acids is 1. The highest BCUT2D eigenvalue weighted by Gasteiger charge is 2.19. The molecule has 5 rings (SSSR count). The van der Waals surface area contributed by atoms with Crippen LogP contribution in [0.4, 0.5) is 14.5 Å². The summed E-state index contributed by atoms with van der Waals surface area (Å²) in [7, 11) is 2.97. The van der Waals surface area contributed by atoms with Gasteiger partial charge in [0.05, 0.1) is 22.4 Å². The van der Waals surface area contributed by atoms with Gasteiger partial charge >= 0.3 is 11.1 Å². The number of halogens is 2. The van der Waals surface area contributed by atoms with E-state index in [-0.39, 0.29) is 11.4 Å². The summed E-state index contributed by atoms with van der Waals surface area (Å²) in [5.41, 5.74) is 1.34. The number of hydrogen-bond acceptors (Lipinski definition) is 5. The lowest BCUT2D eigenvalue weighted by molar-refractivity contribution is 0.102. The summed E-state index contributed by atoms with van der Waals surface area (Å²) < 4.78 is 31.2. The molecule has 0 atom stereocenters. The van der Waals surface area contributed by atoms with Crippen LogP contribution in [0.15, 0.2) is 76.6 Å². The molecule has 0 spiro atoms. The molecule has 0 bridgehead atoms. The molecule has 1 N–H and O–H groups in total. The molecule has 3 heterocycles. The third-order valence-electron chi connectivity index (χ3n) is 5.81. The molecule has 0 fully saturated rings. The molecule has 0 saturated carbocycles. The van der Waals surface area contributed by atoms with Gasteiger partial charge in [-0.2, -0.15) is 5.10 Å². The van der Waals surface area contributed by atoms with Crippen molar-refractivity contribution in [3.63, 3.8) is 0 Å². The van der Waals surface area contributed by atoms with E-state index in [1.54, 1.807) is 42.7 Å². The largest absolute Gasteiger partial charge is 0.321 e. The van der Waals surface area contributed by atoms with Crippen molar-refractivity contribution >= 4 is 22.6 Å². The van der Waals surface area contributed by atoms with Gasteiger partial charge < -0.3 is 14.5 Å². The number of nitrogens with one attached hydrogen (secondary N) is 1. The van der Waals surface area contributed by atoms with Crippen LogP contribution in [0.2, 0.25) is 0 Å². The maximum absolute atomic E-state index is 13.9. The van der Waals surface area contributed by atoms with Gasteiger partial charge in [0.15, 0.2) is 17.3 Å². The second-order valence-corrected chi connectivity index (χ2v) is 8.05. The lowest BCUT2D eigenvalue weighted by Gasteiger charge is -2.11. The maximum atomic E-state index is 13.9. The first kappa shape index (κ1) is 22.8. The number of nitrogens with zero attached hydrogens (tertiary/aromatic N) is 5. The van der Waals surface area contributed by atoms with Crippen LogP contribution in [0.5, 0.6) is 0 Å². The third-order valence-corrected chi connectivity index (χ3v) is 5.81. The van der Waals surface area contributed by atoms with Crippen LogP contribution >= 0.6 is 0 Å². The molecule has 0 radical (unpaired) electrons. The highest BCUT2D eigenvalue weighted by atomic mass is 19.2. The van der Waals surface area contributed by atoms with E-state index in [0.29, 0.717) is 28.0 Å². The number of pyridine rings is 1. The smallest absolute Gasteiger partial charge is 0.316 e. The molecule has 0 unspecified atom stereocenters. The fourth-order valence-electron chi connectivity index (χ4n) is 3.89. The molecule has 11 heteroatoms. The van der Waals surface area contributed by atoms with Gasteiger partial charge in [-0.3, -0.25) is 19.4 Å². The number of fused-ring (bicyclic) bond motifs is 1. The zero-order valence-electron chi connectivity index (χ0n) is 19.1. The Balaban J connectivity index is 1.56. The van der Waals surface area contributed by atoms with Crippen molar-refractivity contribution in [2.24, 2.45) is 14.1 Å². The number of aryl methyl sites for hydroxylation is 2. The Morgan fingerprint density at radius 3 is 2.22 bits per heavy atom. The van der Waals surface area contributed by atoms with Crippen molar-refractivity contribution in [3.8, 4) is 16.9 Å². The summed E-state index contributed by atoms with van der Waals surface area (Å²) in [6.45, 7) is 0. The normalized spacial score (nSPS) is 11.1. The number of anilines is 1. The standard InChI is InChI=1S/C25H18F2N6O3/c1-31-20-6-3-15(11-22(20)32(2)25(36)24(31)35)29-23(34)19-13-21(14-7-9-28-10-8-14)33(30-19)16-4-5-17(26)18(27)12-16/h3-13H,1-2H3,(H,29,34). The molecule has 1 amide bonds. The van der Waals surface area contributed by atoms with Gasteiger partial charge in [-0.25, -0.2) is 13.5 Å². The zero-order valence-corrected chi connectivity index (χ0v) is 19.1. The topological polar surface area (TPSA) is 104 Å². The fourth-order valence-corrected chi connectivity index (χ4v) is 3.89. The third kappa shape index (κ3) is 3.86. The van der Waals surface area contributed by atoms with E-state index in [9.17, 15) is 23.2 Å². The lowest BCUT2D eigenvalue weighted by Crippen LogP contribution is -2.39. The Labute approximate surface area is 201 Å². The van der Waals surface area contributed by atoms with E-state index < -0.39 is 28.7 Å². The molecular weight excluding hydrogens is 470 g/mol. The molecule has 5 aromatic rings. The highest BCUT2D eigenvalue weighted by Crippen LogP contribution is 2.25. The van der Waals surface area contributed by atoms with E-state index in [0.717, 1.165) is 12.1 Å². The molecule has 3 aromatic heterocycles. The summed E-state index contributed by atoms with van der Waals surface area (Å²) in [4.78, 5) is 41.3. The summed E-state index contributed by atoms with van der Waals surface area (Å²) in [6, 6.07) is 13.0. The Morgan fingerprint density at radius 2 is 1.53 bits per heavy atom. The fraction of sp³-hybridized carbons (Fsp3) is 0.0800. The quantitative estimate of drug-likeness (QED) is 0.392. The predicted octanol–water partition coefficient (Wildman–Crippen LogP) is 3.02. The number of aromatic nitrogens is 5. The second-order valence-electron chi connectivity index (χ2n) is 8.05. The van der Waals surface area contributed by atoms with Crippen LogP contribution in [0.25, 0.3) is 28.0 Å². The zero-order chi connectivity index (χ0) is 25.6. The monoisotopic (exact) mass is 488 g/mol. The molecule has 36 heavy (non-hydrogen) atoms. The Morgan fingerprint density at radius 1 is 0.833 bits per heavy atom. The molecule has 180 valence electrons. The Kier molecular flexibility index (Phi) is 5.51. The van der Waals surface area contributed by atoms with Crippen molar-refractivity contribution in [2.75, 3.05) is 5.32 Å². The van der Waals surface area contributed by atoms with Gasteiger partial charge in [0.2, 0.25) is 0 Å². The van der Waals surface area contributed by atoms with Gasteiger partial charge in [-0.05, 0) is 48.5 Å². The van der Waals surface area contributed by atoms with Gasteiger partial charge in [0.1, 0.15) is 0 Å². The molecule has 0 aliphatic rings. The first-order chi connectivity index (χ1) is 17.2. The van der Waals surface area contributed by atoms with Gasteiger partial charge in [-0.15, -0.1) is 0 Å². The molecule has 0 aliphatic heterocycles. The van der Waals surface area contributed by atoms with E-state index >= 15 is 0 Å². The van der Waals surface area contributed by atoms with E-state index in [4.69, 9.17) is 0 Å². The minimum atomic E-state index is -1.05. The average molecular weight is 488 g/mol. The van der Waals surface area contributed by atoms with Gasteiger partial charge in [0, 0.05) is 43.8 Å². The Bertz CT molecular complexity index is 1770. The van der Waals surface area contributed by atoms with Crippen LogP contribution in [-0.2, 0) is 14.1 Å². The van der Waals surface area contributed by atoms with Crippen LogP contribution in [0.3, 0.4) is 0 Å². The molecule has 0 aliphatic carbocycles. The van der Waals surface area contributed by atoms with E-state index in [1.165, 1.54) is 40.0 Å². The maximum Gasteiger partial charge on any atom is 0.316 e. The Hall–Kier alpha value is -4.93. The van der Waals surface area contributed by atoms with Crippen LogP contribution in [-0.4, -0.2) is 29.8 Å². The summed E-state index contributed by atoms with van der Waals surface area (Å²) in [5.74, 6) is -2.62. The molecule has 2 aromatic carbocycles. The second kappa shape index (κ2) is 8.69. The molecule has 9 nitrogen and oxygen atoms in total. The number of rotatable bonds is 4. The number of amides is 1. The van der Waals surface area contributed by atoms with Crippen LogP contribution in [0.1, 0.15) is 10.5 Å². The number of benzene rings is 2. The predicted molar refractivity (Wildman–Crippen MR) is 129 cm³/mol. The SMILES string of the molecule is Cn1c(=O)c(=O)n(C)c2cc(NC(=O)c3cc(-c4ccncc4)n(-c4ccc(F)c(F)c4)n3)ccc21. The van der Waals surface area contributed by atoms with Crippen molar-refractivity contribution in [2.45, 2.75) is 0 Å². The van der Waals surface area contributed by atoms with Crippen LogP contribution in [0, 0.1) is 11.6 Å². The minimum absolute atomic E-state index is 0.0148. The minimum Gasteiger partial charge on any atom is -0.321 e. The molecule has 0 saturated heterocycles. The van der Waals surface area contributed by atoms with Crippen molar-refractivity contribution < 1.29 is 13.6 Å². The highest BCUT2D eigenvalue weighted by molar-refractivity contribution is 6.04. The molecular formula is C25H18F2N6O3. The van der Waals surface area contributed by atoms with E-state index in [1.807, 2.05) is 0 Å². The summed E-state index contributed by atoms with van der Waals surface area (Å²) >= 11 is 0. The first-order valence-corrected chi connectivity index (χ1v) is 10.7.